The average Bonchev–Trinajstić information content (AvgIpc) is 1.46. The van der Waals surface area contributed by atoms with Crippen LogP contribution in [-0.4, -0.2) is 232 Å². The third-order valence-electron chi connectivity index (χ3n) is 16.9. The van der Waals surface area contributed by atoms with Crippen LogP contribution in [-0.2, 0) is 57.5 Å². The van der Waals surface area contributed by atoms with Gasteiger partial charge in [-0.15, -0.1) is 0 Å². The molecule has 0 aromatic carbocycles. The lowest BCUT2D eigenvalue weighted by Gasteiger charge is -2.41. The van der Waals surface area contributed by atoms with E-state index in [2.05, 4.69) is 21.3 Å². The summed E-state index contributed by atoms with van der Waals surface area (Å²) in [6, 6.07) is -14.4. The van der Waals surface area contributed by atoms with Gasteiger partial charge in [0.1, 0.15) is 72.2 Å². The standard InChI is InChI=1S/C65H115N11O13/c1-26-28-29-41(15)54(78)53-58(82)68-45(27-2)60(84)73(22)50(34-42(16)77)62(86)70(19)47(31-36(5)6)57(81)69-51(39(11)12)64(88)71(20)46(30-35(3)4)56(80)66-43(17)55(79)67-44(18)59(83)72(21)48(32-37(7)8)61(85)74(23)49(33-38(9)10)63(87)75(24)52(40(13)14)65(89)76(53)25/h26,28,35-41,43-54,78H,27,29-34H2,1-25H3,(H,66,80)(H,67,79)(H,68,82)(H,69,81)/b28-26+/t41-,43+,44+,45+,46+,47+,48+,49+,50?,51+,52+,53?,54-/m1/s1. The van der Waals surface area contributed by atoms with Gasteiger partial charge < -0.3 is 60.7 Å². The highest BCUT2D eigenvalue weighted by Crippen LogP contribution is 2.26. The Labute approximate surface area is 532 Å². The van der Waals surface area contributed by atoms with Gasteiger partial charge in [0.2, 0.25) is 65.0 Å². The molecule has 2 unspecified atom stereocenters. The molecule has 24 heteroatoms. The molecule has 1 rings (SSSR count). The maximum absolute atomic E-state index is 15.2. The fourth-order valence-corrected chi connectivity index (χ4v) is 11.3. The minimum Gasteiger partial charge on any atom is -0.390 e. The first kappa shape index (κ1) is 80.6. The van der Waals surface area contributed by atoms with Gasteiger partial charge in [-0.25, -0.2) is 0 Å². The van der Waals surface area contributed by atoms with Gasteiger partial charge in [0.25, 0.3) is 0 Å². The van der Waals surface area contributed by atoms with Crippen LogP contribution < -0.4 is 21.3 Å². The molecule has 11 amide bonds. The SMILES string of the molecule is C/C=C/C[C@@H](C)[C@@H](O)C1C(=O)N[C@@H](CC)C(=O)N(C)C(CC(C)=O)C(=O)N(C)[C@@H](CC(C)C)C(=O)N[C@@H](C(C)C)C(=O)N(C)[C@@H](CC(C)C)C(=O)N[C@@H](C)C(=O)N[C@@H](C)C(=O)N(C)[C@@H](CC(C)C)C(=O)N(C)[C@@H](CC(C)C)C(=O)N(C)[C@@H](C(C)C)C(=O)N1C. The van der Waals surface area contributed by atoms with Gasteiger partial charge in [-0.2, -0.15) is 0 Å². The Morgan fingerprint density at radius 2 is 0.831 bits per heavy atom. The third kappa shape index (κ3) is 22.5. The molecule has 24 nitrogen and oxygen atoms in total. The number of carbonyl (C=O) groups excluding carboxylic acids is 12. The highest BCUT2D eigenvalue weighted by molar-refractivity contribution is 6.00. The number of hydrogen-bond acceptors (Lipinski definition) is 13. The second-order valence-corrected chi connectivity index (χ2v) is 27.2. The number of allylic oxidation sites excluding steroid dienone is 2. The number of nitrogens with zero attached hydrogens (tertiary/aromatic N) is 7. The van der Waals surface area contributed by atoms with Crippen molar-refractivity contribution >= 4 is 70.8 Å². The van der Waals surface area contributed by atoms with E-state index in [9.17, 15) is 43.5 Å². The van der Waals surface area contributed by atoms with Crippen molar-refractivity contribution in [2.24, 2.45) is 41.4 Å². The third-order valence-corrected chi connectivity index (χ3v) is 16.9. The van der Waals surface area contributed by atoms with Crippen molar-refractivity contribution in [1.29, 1.82) is 0 Å². The van der Waals surface area contributed by atoms with Gasteiger partial charge >= 0.3 is 0 Å². The molecule has 508 valence electrons. The fourth-order valence-electron chi connectivity index (χ4n) is 11.3. The predicted octanol–water partition coefficient (Wildman–Crippen LogP) is 3.62. The quantitative estimate of drug-likeness (QED) is 0.130. The Hall–Kier alpha value is -6.46. The van der Waals surface area contributed by atoms with E-state index >= 15 is 19.2 Å². The minimum atomic E-state index is -1.68. The summed E-state index contributed by atoms with van der Waals surface area (Å²) in [7, 11) is 9.69. The van der Waals surface area contributed by atoms with E-state index in [-0.39, 0.29) is 62.2 Å². The lowest BCUT2D eigenvalue weighted by molar-refractivity contribution is -0.157. The van der Waals surface area contributed by atoms with Crippen LogP contribution in [0, 0.1) is 41.4 Å². The van der Waals surface area contributed by atoms with Crippen molar-refractivity contribution < 1.29 is 62.6 Å². The topological polar surface area (TPSA) is 296 Å². The van der Waals surface area contributed by atoms with Crippen LogP contribution in [0.5, 0.6) is 0 Å². The summed E-state index contributed by atoms with van der Waals surface area (Å²) in [5, 5.41) is 23.1. The Balaban J connectivity index is 4.49. The maximum atomic E-state index is 15.2. The second kappa shape index (κ2) is 36.4. The minimum absolute atomic E-state index is 0.0656. The number of aliphatic hydroxyl groups is 1. The van der Waals surface area contributed by atoms with E-state index in [1.165, 1.54) is 89.7 Å². The molecular formula is C65H115N11O13. The zero-order chi connectivity index (χ0) is 69.1. The van der Waals surface area contributed by atoms with E-state index < -0.39 is 168 Å². The highest BCUT2D eigenvalue weighted by atomic mass is 16.3. The van der Waals surface area contributed by atoms with Crippen LogP contribution in [0.15, 0.2) is 12.2 Å². The molecular weight excluding hydrogens is 1140 g/mol. The summed E-state index contributed by atoms with van der Waals surface area (Å²) < 4.78 is 0. The Bertz CT molecular complexity index is 2480. The van der Waals surface area contributed by atoms with Crippen LogP contribution in [0.25, 0.3) is 0 Å². The van der Waals surface area contributed by atoms with Crippen LogP contribution in [0.4, 0.5) is 0 Å². The zero-order valence-electron chi connectivity index (χ0n) is 58.6. The fraction of sp³-hybridized carbons (Fsp3) is 0.785. The van der Waals surface area contributed by atoms with Crippen LogP contribution in [0.1, 0.15) is 170 Å². The van der Waals surface area contributed by atoms with Gasteiger partial charge in [-0.3, -0.25) is 57.5 Å². The van der Waals surface area contributed by atoms with E-state index in [1.807, 2.05) is 55.4 Å². The number of aliphatic hydroxyl groups excluding tert-OH is 1. The van der Waals surface area contributed by atoms with E-state index in [4.69, 9.17) is 0 Å². The van der Waals surface area contributed by atoms with Crippen LogP contribution in [0.3, 0.4) is 0 Å². The number of hydrogen-bond donors (Lipinski definition) is 5. The molecule has 1 saturated heterocycles. The number of nitrogens with one attached hydrogen (secondary N) is 4. The molecule has 0 bridgehead atoms. The number of ketones is 1. The number of carbonyl (C=O) groups is 12. The number of likely N-dealkylation sites (N-methyl/N-ethyl adjacent to an activating group) is 7. The van der Waals surface area contributed by atoms with Gasteiger partial charge in [-0.1, -0.05) is 109 Å². The second-order valence-electron chi connectivity index (χ2n) is 27.2. The first-order valence-corrected chi connectivity index (χ1v) is 31.9. The van der Waals surface area contributed by atoms with Crippen molar-refractivity contribution in [3.8, 4) is 0 Å². The van der Waals surface area contributed by atoms with E-state index in [1.54, 1.807) is 60.6 Å². The molecule has 1 aliphatic rings. The molecule has 89 heavy (non-hydrogen) atoms. The summed E-state index contributed by atoms with van der Waals surface area (Å²) in [6.07, 6.45) is 2.17. The van der Waals surface area contributed by atoms with Crippen LogP contribution >= 0.6 is 0 Å². The maximum Gasteiger partial charge on any atom is 0.246 e. The molecule has 0 aliphatic carbocycles. The molecule has 0 radical (unpaired) electrons. The van der Waals surface area contributed by atoms with Gasteiger partial charge in [0, 0.05) is 55.8 Å². The highest BCUT2D eigenvalue weighted by Gasteiger charge is 2.46. The van der Waals surface area contributed by atoms with Crippen molar-refractivity contribution in [1.82, 2.24) is 55.6 Å². The Morgan fingerprint density at radius 3 is 1.26 bits per heavy atom. The van der Waals surface area contributed by atoms with Gasteiger partial charge in [-0.05, 0) is 108 Å². The molecule has 0 spiro atoms. The van der Waals surface area contributed by atoms with Crippen molar-refractivity contribution in [2.75, 3.05) is 49.3 Å². The summed E-state index contributed by atoms with van der Waals surface area (Å²) in [6.45, 7) is 30.8. The molecule has 1 aliphatic heterocycles. The lowest BCUT2D eigenvalue weighted by Crippen LogP contribution is -2.64. The molecule has 5 N–H and O–H groups in total. The zero-order valence-corrected chi connectivity index (χ0v) is 58.6. The summed E-state index contributed by atoms with van der Waals surface area (Å²) in [5.74, 6) is -11.1. The van der Waals surface area contributed by atoms with E-state index in [0.29, 0.717) is 0 Å². The number of Topliss-reactive ketones (excluding diaryl/α,β-unsaturated/α-hetero) is 1. The normalized spacial score (nSPS) is 27.0. The molecule has 1 heterocycles. The first-order chi connectivity index (χ1) is 41.0. The molecule has 0 saturated carbocycles. The Morgan fingerprint density at radius 1 is 0.449 bits per heavy atom. The predicted molar refractivity (Wildman–Crippen MR) is 343 cm³/mol. The van der Waals surface area contributed by atoms with Crippen LogP contribution in [0.2, 0.25) is 0 Å². The Kier molecular flexibility index (Phi) is 32.9. The summed E-state index contributed by atoms with van der Waals surface area (Å²) >= 11 is 0. The molecule has 1 fully saturated rings. The molecule has 0 aromatic rings. The van der Waals surface area contributed by atoms with Gasteiger partial charge in [0.15, 0.2) is 0 Å². The van der Waals surface area contributed by atoms with Gasteiger partial charge in [0.05, 0.1) is 6.10 Å². The number of amides is 11. The average molecular weight is 1260 g/mol. The molecule has 0 aromatic heterocycles. The monoisotopic (exact) mass is 1260 g/mol. The largest absolute Gasteiger partial charge is 0.390 e. The van der Waals surface area contributed by atoms with E-state index in [0.717, 1.165) is 14.7 Å². The summed E-state index contributed by atoms with van der Waals surface area (Å²) in [5.41, 5.74) is 0. The number of rotatable bonds is 17. The van der Waals surface area contributed by atoms with Crippen molar-refractivity contribution in [3.05, 3.63) is 12.2 Å². The molecule has 13 atom stereocenters. The lowest BCUT2D eigenvalue weighted by atomic mass is 9.91. The first-order valence-electron chi connectivity index (χ1n) is 31.9. The smallest absolute Gasteiger partial charge is 0.246 e. The summed E-state index contributed by atoms with van der Waals surface area (Å²) in [4.78, 5) is 184. The van der Waals surface area contributed by atoms with Crippen molar-refractivity contribution in [3.63, 3.8) is 0 Å². The van der Waals surface area contributed by atoms with Crippen molar-refractivity contribution in [2.45, 2.75) is 242 Å².